The van der Waals surface area contributed by atoms with Gasteiger partial charge in [0.1, 0.15) is 0 Å². The second-order valence-corrected chi connectivity index (χ2v) is 5.74. The molecular weight excluding hydrogens is 324 g/mol. The third-order valence-corrected chi connectivity index (χ3v) is 4.07. The standard InChI is InChI=1S/C18H22N4O.ClH/c23-18(14-20-17-6-2-1-3-7-17)22-11-9-21(10-12-22)15-16-5-4-8-19-13-16;/h1-8,13,20H,9-12,14-15H2;1H. The van der Waals surface area contributed by atoms with E-state index in [9.17, 15) is 4.79 Å². The molecule has 0 spiro atoms. The van der Waals surface area contributed by atoms with Gasteiger partial charge in [-0.2, -0.15) is 0 Å². The van der Waals surface area contributed by atoms with Gasteiger partial charge in [-0.05, 0) is 23.8 Å². The smallest absolute Gasteiger partial charge is 0.241 e. The molecule has 0 atom stereocenters. The van der Waals surface area contributed by atoms with E-state index >= 15 is 0 Å². The number of carbonyl (C=O) groups is 1. The van der Waals surface area contributed by atoms with E-state index in [2.05, 4.69) is 21.3 Å². The maximum Gasteiger partial charge on any atom is 0.241 e. The topological polar surface area (TPSA) is 48.5 Å². The predicted octanol–water partition coefficient (Wildman–Crippen LogP) is 2.26. The third kappa shape index (κ3) is 5.22. The molecule has 128 valence electrons. The van der Waals surface area contributed by atoms with E-state index in [1.54, 1.807) is 6.20 Å². The van der Waals surface area contributed by atoms with Crippen molar-refractivity contribution in [3.63, 3.8) is 0 Å². The first-order chi connectivity index (χ1) is 11.3. The number of hydrogen-bond acceptors (Lipinski definition) is 4. The Labute approximate surface area is 149 Å². The number of benzene rings is 1. The van der Waals surface area contributed by atoms with Gasteiger partial charge >= 0.3 is 0 Å². The van der Waals surface area contributed by atoms with Crippen LogP contribution in [0.3, 0.4) is 0 Å². The summed E-state index contributed by atoms with van der Waals surface area (Å²) in [5.74, 6) is 0.162. The Balaban J connectivity index is 0.00000208. The first-order valence-corrected chi connectivity index (χ1v) is 7.99. The molecule has 1 saturated heterocycles. The number of nitrogens with zero attached hydrogens (tertiary/aromatic N) is 3. The molecule has 1 N–H and O–H groups in total. The molecule has 0 saturated carbocycles. The molecule has 1 fully saturated rings. The van der Waals surface area contributed by atoms with Crippen LogP contribution in [0.4, 0.5) is 5.69 Å². The molecule has 2 heterocycles. The molecule has 0 unspecified atom stereocenters. The van der Waals surface area contributed by atoms with Crippen molar-refractivity contribution in [2.24, 2.45) is 0 Å². The lowest BCUT2D eigenvalue weighted by Gasteiger charge is -2.34. The Kier molecular flexibility index (Phi) is 7.03. The molecule has 3 rings (SSSR count). The minimum atomic E-state index is 0. The van der Waals surface area contributed by atoms with Crippen LogP contribution in [-0.4, -0.2) is 53.4 Å². The molecule has 6 heteroatoms. The maximum atomic E-state index is 12.3. The number of amides is 1. The van der Waals surface area contributed by atoms with Crippen molar-refractivity contribution in [2.45, 2.75) is 6.54 Å². The molecule has 1 aliphatic rings. The van der Waals surface area contributed by atoms with E-state index in [0.29, 0.717) is 6.54 Å². The highest BCUT2D eigenvalue weighted by atomic mass is 35.5. The summed E-state index contributed by atoms with van der Waals surface area (Å²) in [6, 6.07) is 13.9. The molecular formula is C18H23ClN4O. The first-order valence-electron chi connectivity index (χ1n) is 7.99. The van der Waals surface area contributed by atoms with E-state index < -0.39 is 0 Å². The van der Waals surface area contributed by atoms with E-state index in [1.165, 1.54) is 5.56 Å². The van der Waals surface area contributed by atoms with Gasteiger partial charge in [-0.15, -0.1) is 12.4 Å². The summed E-state index contributed by atoms with van der Waals surface area (Å²) in [5.41, 5.74) is 2.20. The van der Waals surface area contributed by atoms with Gasteiger partial charge in [0.05, 0.1) is 6.54 Å². The van der Waals surface area contributed by atoms with Gasteiger partial charge in [0.2, 0.25) is 5.91 Å². The Morgan fingerprint density at radius 2 is 1.79 bits per heavy atom. The van der Waals surface area contributed by atoms with Crippen LogP contribution in [0.5, 0.6) is 0 Å². The van der Waals surface area contributed by atoms with E-state index in [4.69, 9.17) is 0 Å². The summed E-state index contributed by atoms with van der Waals surface area (Å²) in [6.45, 7) is 4.65. The Morgan fingerprint density at radius 1 is 1.04 bits per heavy atom. The highest BCUT2D eigenvalue weighted by Gasteiger charge is 2.20. The van der Waals surface area contributed by atoms with Crippen LogP contribution in [0.25, 0.3) is 0 Å². The lowest BCUT2D eigenvalue weighted by atomic mass is 10.2. The lowest BCUT2D eigenvalue weighted by molar-refractivity contribution is -0.131. The fraction of sp³-hybridized carbons (Fsp3) is 0.333. The number of rotatable bonds is 5. The summed E-state index contributed by atoms with van der Waals surface area (Å²) in [5, 5.41) is 3.18. The summed E-state index contributed by atoms with van der Waals surface area (Å²) < 4.78 is 0. The van der Waals surface area contributed by atoms with Gasteiger partial charge in [0.15, 0.2) is 0 Å². The Bertz CT molecular complexity index is 615. The Morgan fingerprint density at radius 3 is 2.46 bits per heavy atom. The van der Waals surface area contributed by atoms with Gasteiger partial charge in [-0.3, -0.25) is 14.7 Å². The minimum Gasteiger partial charge on any atom is -0.376 e. The fourth-order valence-electron chi connectivity index (χ4n) is 2.75. The van der Waals surface area contributed by atoms with Crippen molar-refractivity contribution >= 4 is 24.0 Å². The largest absolute Gasteiger partial charge is 0.376 e. The van der Waals surface area contributed by atoms with Crippen molar-refractivity contribution in [1.29, 1.82) is 0 Å². The van der Waals surface area contributed by atoms with Crippen molar-refractivity contribution in [2.75, 3.05) is 38.0 Å². The molecule has 1 aromatic carbocycles. The highest BCUT2D eigenvalue weighted by molar-refractivity contribution is 5.85. The van der Waals surface area contributed by atoms with Crippen LogP contribution >= 0.6 is 12.4 Å². The van der Waals surface area contributed by atoms with Crippen LogP contribution in [-0.2, 0) is 11.3 Å². The van der Waals surface area contributed by atoms with Gasteiger partial charge in [-0.25, -0.2) is 0 Å². The number of nitrogens with one attached hydrogen (secondary N) is 1. The number of para-hydroxylation sites is 1. The molecule has 1 amide bonds. The third-order valence-electron chi connectivity index (χ3n) is 4.07. The molecule has 2 aromatic rings. The second-order valence-electron chi connectivity index (χ2n) is 5.74. The number of pyridine rings is 1. The van der Waals surface area contributed by atoms with E-state index in [-0.39, 0.29) is 18.3 Å². The number of halogens is 1. The molecule has 1 aromatic heterocycles. The highest BCUT2D eigenvalue weighted by Crippen LogP contribution is 2.09. The minimum absolute atomic E-state index is 0. The van der Waals surface area contributed by atoms with Gasteiger partial charge < -0.3 is 10.2 Å². The lowest BCUT2D eigenvalue weighted by Crippen LogP contribution is -2.49. The van der Waals surface area contributed by atoms with Crippen LogP contribution in [0.15, 0.2) is 54.9 Å². The first kappa shape index (κ1) is 18.2. The van der Waals surface area contributed by atoms with Crippen molar-refractivity contribution in [3.8, 4) is 0 Å². The SMILES string of the molecule is Cl.O=C(CNc1ccccc1)N1CCN(Cc2cccnc2)CC1. The number of carbonyl (C=O) groups excluding carboxylic acids is 1. The summed E-state index contributed by atoms with van der Waals surface area (Å²) in [6.07, 6.45) is 3.70. The number of aromatic nitrogens is 1. The molecule has 0 radical (unpaired) electrons. The monoisotopic (exact) mass is 346 g/mol. The molecule has 5 nitrogen and oxygen atoms in total. The average Bonchev–Trinajstić information content (AvgIpc) is 2.62. The maximum absolute atomic E-state index is 12.3. The van der Waals surface area contributed by atoms with E-state index in [1.807, 2.05) is 47.5 Å². The molecule has 0 bridgehead atoms. The molecule has 1 aliphatic heterocycles. The molecule has 24 heavy (non-hydrogen) atoms. The van der Waals surface area contributed by atoms with Crippen molar-refractivity contribution in [3.05, 3.63) is 60.4 Å². The zero-order chi connectivity index (χ0) is 15.9. The zero-order valence-electron chi connectivity index (χ0n) is 13.6. The predicted molar refractivity (Wildman–Crippen MR) is 98.3 cm³/mol. The molecule has 0 aliphatic carbocycles. The quantitative estimate of drug-likeness (QED) is 0.902. The van der Waals surface area contributed by atoms with Crippen LogP contribution in [0.2, 0.25) is 0 Å². The Hall–Kier alpha value is -2.11. The summed E-state index contributed by atoms with van der Waals surface area (Å²) >= 11 is 0. The number of hydrogen-bond donors (Lipinski definition) is 1. The van der Waals surface area contributed by atoms with Crippen LogP contribution < -0.4 is 5.32 Å². The van der Waals surface area contributed by atoms with Crippen molar-refractivity contribution in [1.82, 2.24) is 14.8 Å². The van der Waals surface area contributed by atoms with Crippen LogP contribution in [0.1, 0.15) is 5.56 Å². The van der Waals surface area contributed by atoms with Gasteiger partial charge in [-0.1, -0.05) is 24.3 Å². The van der Waals surface area contributed by atoms with Gasteiger partial charge in [0, 0.05) is 50.8 Å². The van der Waals surface area contributed by atoms with Gasteiger partial charge in [0.25, 0.3) is 0 Å². The second kappa shape index (κ2) is 9.25. The summed E-state index contributed by atoms with van der Waals surface area (Å²) in [4.78, 5) is 20.7. The average molecular weight is 347 g/mol. The zero-order valence-corrected chi connectivity index (χ0v) is 14.4. The van der Waals surface area contributed by atoms with Crippen molar-refractivity contribution < 1.29 is 4.79 Å². The summed E-state index contributed by atoms with van der Waals surface area (Å²) in [7, 11) is 0. The number of piperazine rings is 1. The normalized spacial score (nSPS) is 14.8. The fourth-order valence-corrected chi connectivity index (χ4v) is 2.75. The van der Waals surface area contributed by atoms with E-state index in [0.717, 1.165) is 38.4 Å². The number of anilines is 1. The van der Waals surface area contributed by atoms with Crippen LogP contribution in [0, 0.1) is 0 Å².